The van der Waals surface area contributed by atoms with E-state index in [1.807, 2.05) is 36.4 Å². The van der Waals surface area contributed by atoms with Crippen molar-refractivity contribution in [3.63, 3.8) is 0 Å². The summed E-state index contributed by atoms with van der Waals surface area (Å²) in [5, 5.41) is 11.4. The highest BCUT2D eigenvalue weighted by molar-refractivity contribution is 9.10. The van der Waals surface area contributed by atoms with Gasteiger partial charge in [0.25, 0.3) is 5.91 Å². The highest BCUT2D eigenvalue weighted by Crippen LogP contribution is 2.20. The molecule has 0 aliphatic rings. The third-order valence-corrected chi connectivity index (χ3v) is 3.94. The summed E-state index contributed by atoms with van der Waals surface area (Å²) >= 11 is 9.24. The van der Waals surface area contributed by atoms with Gasteiger partial charge in [-0.15, -0.1) is 0 Å². The fraction of sp³-hybridized carbons (Fsp3) is 0. The first-order chi connectivity index (χ1) is 11.6. The fourth-order valence-corrected chi connectivity index (χ4v) is 2.56. The van der Waals surface area contributed by atoms with Crippen LogP contribution in [-0.2, 0) is 0 Å². The maximum Gasteiger partial charge on any atom is 0.289 e. The van der Waals surface area contributed by atoms with E-state index < -0.39 is 0 Å². The summed E-state index contributed by atoms with van der Waals surface area (Å²) in [6.07, 6.45) is 1.57. The van der Waals surface area contributed by atoms with Crippen molar-refractivity contribution in [2.45, 2.75) is 0 Å². The van der Waals surface area contributed by atoms with E-state index in [4.69, 9.17) is 11.6 Å². The molecule has 0 aliphatic carbocycles. The van der Waals surface area contributed by atoms with Gasteiger partial charge in [0.1, 0.15) is 5.69 Å². The number of nitrogens with zero attached hydrogens (tertiary/aromatic N) is 2. The lowest BCUT2D eigenvalue weighted by Crippen LogP contribution is -2.17. The quantitative estimate of drug-likeness (QED) is 0.505. The number of rotatable bonds is 4. The highest BCUT2D eigenvalue weighted by atomic mass is 79.9. The molecule has 2 N–H and O–H groups in total. The van der Waals surface area contributed by atoms with Crippen LogP contribution in [0.4, 0.5) is 0 Å². The lowest BCUT2D eigenvalue weighted by atomic mass is 10.1. The van der Waals surface area contributed by atoms with Crippen molar-refractivity contribution in [2.24, 2.45) is 5.10 Å². The lowest BCUT2D eigenvalue weighted by molar-refractivity contribution is 0.0950. The molecular weight excluding hydrogens is 392 g/mol. The van der Waals surface area contributed by atoms with Crippen LogP contribution in [-0.4, -0.2) is 22.3 Å². The molecule has 1 aromatic heterocycles. The molecule has 0 unspecified atom stereocenters. The number of hydrogen-bond donors (Lipinski definition) is 2. The number of H-pyrrole nitrogens is 1. The predicted molar refractivity (Wildman–Crippen MR) is 98.2 cm³/mol. The molecule has 0 radical (unpaired) electrons. The van der Waals surface area contributed by atoms with Gasteiger partial charge >= 0.3 is 0 Å². The van der Waals surface area contributed by atoms with E-state index in [1.165, 1.54) is 0 Å². The van der Waals surface area contributed by atoms with Crippen LogP contribution in [0.1, 0.15) is 16.1 Å². The Labute approximate surface area is 151 Å². The van der Waals surface area contributed by atoms with Crippen LogP contribution in [0.3, 0.4) is 0 Å². The number of hydrazone groups is 1. The van der Waals surface area contributed by atoms with Gasteiger partial charge in [-0.3, -0.25) is 9.89 Å². The Hall–Kier alpha value is -2.44. The molecule has 7 heteroatoms. The number of carbonyl (C=O) groups is 1. The van der Waals surface area contributed by atoms with Crippen molar-refractivity contribution in [1.29, 1.82) is 0 Å². The first-order valence-electron chi connectivity index (χ1n) is 7.02. The van der Waals surface area contributed by atoms with E-state index in [1.54, 1.807) is 24.4 Å². The van der Waals surface area contributed by atoms with Crippen LogP contribution < -0.4 is 5.43 Å². The van der Waals surface area contributed by atoms with Crippen LogP contribution in [0, 0.1) is 0 Å². The minimum absolute atomic E-state index is 0.325. The van der Waals surface area contributed by atoms with Crippen LogP contribution in [0.2, 0.25) is 5.02 Å². The Morgan fingerprint density at radius 2 is 2.00 bits per heavy atom. The summed E-state index contributed by atoms with van der Waals surface area (Å²) in [5.74, 6) is -0.367. The van der Waals surface area contributed by atoms with Gasteiger partial charge in [-0.2, -0.15) is 10.2 Å². The minimum Gasteiger partial charge on any atom is -0.272 e. The van der Waals surface area contributed by atoms with E-state index >= 15 is 0 Å². The summed E-state index contributed by atoms with van der Waals surface area (Å²) in [6.45, 7) is 0. The van der Waals surface area contributed by atoms with E-state index in [0.717, 1.165) is 15.6 Å². The maximum absolute atomic E-state index is 12.1. The second-order valence-corrected chi connectivity index (χ2v) is 6.28. The van der Waals surface area contributed by atoms with Crippen LogP contribution in [0.15, 0.2) is 64.2 Å². The van der Waals surface area contributed by atoms with Gasteiger partial charge in [0, 0.05) is 15.1 Å². The molecular formula is C17H12BrClN4O. The summed E-state index contributed by atoms with van der Waals surface area (Å²) in [4.78, 5) is 12.1. The molecule has 3 aromatic rings. The van der Waals surface area contributed by atoms with Crippen molar-refractivity contribution in [1.82, 2.24) is 15.6 Å². The third kappa shape index (κ3) is 4.10. The summed E-state index contributed by atoms with van der Waals surface area (Å²) in [7, 11) is 0. The van der Waals surface area contributed by atoms with E-state index in [2.05, 4.69) is 36.7 Å². The minimum atomic E-state index is -0.367. The van der Waals surface area contributed by atoms with Gasteiger partial charge in [0.15, 0.2) is 0 Å². The molecule has 0 bridgehead atoms. The Bertz CT molecular complexity index is 890. The lowest BCUT2D eigenvalue weighted by Gasteiger charge is -1.97. The number of halogens is 2. The number of nitrogens with one attached hydrogen (secondary N) is 2. The molecule has 0 saturated carbocycles. The number of hydrogen-bond acceptors (Lipinski definition) is 3. The molecule has 0 aliphatic heterocycles. The van der Waals surface area contributed by atoms with Crippen LogP contribution in [0.25, 0.3) is 11.3 Å². The van der Waals surface area contributed by atoms with Gasteiger partial charge in [0.05, 0.1) is 11.9 Å². The zero-order chi connectivity index (χ0) is 16.9. The molecule has 1 heterocycles. The van der Waals surface area contributed by atoms with Crippen molar-refractivity contribution in [2.75, 3.05) is 0 Å². The smallest absolute Gasteiger partial charge is 0.272 e. The fourth-order valence-electron chi connectivity index (χ4n) is 2.02. The monoisotopic (exact) mass is 402 g/mol. The Morgan fingerprint density at radius 3 is 2.75 bits per heavy atom. The second kappa shape index (κ2) is 7.42. The molecule has 0 fully saturated rings. The van der Waals surface area contributed by atoms with Crippen molar-refractivity contribution in [3.05, 3.63) is 75.4 Å². The van der Waals surface area contributed by atoms with Crippen molar-refractivity contribution < 1.29 is 4.79 Å². The molecule has 3 rings (SSSR count). The topological polar surface area (TPSA) is 70.1 Å². The average molecular weight is 404 g/mol. The van der Waals surface area contributed by atoms with Gasteiger partial charge in [-0.25, -0.2) is 5.43 Å². The normalized spacial score (nSPS) is 10.9. The SMILES string of the molecule is O=C(N/N=C\c1cccc(Br)c1)c1cc(-c2ccc(Cl)cc2)n[nH]1. The molecule has 24 heavy (non-hydrogen) atoms. The number of aromatic nitrogens is 2. The molecule has 2 aromatic carbocycles. The van der Waals surface area contributed by atoms with E-state index in [9.17, 15) is 4.79 Å². The summed E-state index contributed by atoms with van der Waals surface area (Å²) in [6, 6.07) is 16.5. The van der Waals surface area contributed by atoms with Crippen molar-refractivity contribution >= 4 is 39.7 Å². The van der Waals surface area contributed by atoms with Crippen molar-refractivity contribution in [3.8, 4) is 11.3 Å². The molecule has 0 spiro atoms. The maximum atomic E-state index is 12.1. The first-order valence-corrected chi connectivity index (χ1v) is 8.19. The Balaban J connectivity index is 1.66. The Morgan fingerprint density at radius 1 is 1.21 bits per heavy atom. The Kier molecular flexibility index (Phi) is 5.08. The first kappa shape index (κ1) is 16.4. The van der Waals surface area contributed by atoms with Gasteiger partial charge in [-0.05, 0) is 35.9 Å². The van der Waals surface area contributed by atoms with Gasteiger partial charge in [0.2, 0.25) is 0 Å². The third-order valence-electron chi connectivity index (χ3n) is 3.19. The highest BCUT2D eigenvalue weighted by Gasteiger charge is 2.10. The molecule has 1 amide bonds. The van der Waals surface area contributed by atoms with E-state index in [-0.39, 0.29) is 5.91 Å². The number of carbonyl (C=O) groups excluding carboxylic acids is 1. The number of amides is 1. The number of benzene rings is 2. The second-order valence-electron chi connectivity index (χ2n) is 4.93. The largest absolute Gasteiger partial charge is 0.289 e. The van der Waals surface area contributed by atoms with Crippen LogP contribution >= 0.6 is 27.5 Å². The predicted octanol–water partition coefficient (Wildman–Crippen LogP) is 4.26. The zero-order valence-corrected chi connectivity index (χ0v) is 14.7. The standard InChI is InChI=1S/C17H12BrClN4O/c18-13-3-1-2-11(8-13)10-20-23-17(24)16-9-15(21-22-16)12-4-6-14(19)7-5-12/h1-10H,(H,21,22)(H,23,24)/b20-10-. The number of aromatic amines is 1. The van der Waals surface area contributed by atoms with E-state index in [0.29, 0.717) is 16.4 Å². The summed E-state index contributed by atoms with van der Waals surface area (Å²) in [5.41, 5.74) is 5.19. The zero-order valence-electron chi connectivity index (χ0n) is 12.3. The molecule has 120 valence electrons. The summed E-state index contributed by atoms with van der Waals surface area (Å²) < 4.78 is 0.943. The van der Waals surface area contributed by atoms with Gasteiger partial charge < -0.3 is 0 Å². The molecule has 5 nitrogen and oxygen atoms in total. The molecule has 0 atom stereocenters. The van der Waals surface area contributed by atoms with Gasteiger partial charge in [-0.1, -0.05) is 51.8 Å². The average Bonchev–Trinajstić information content (AvgIpc) is 3.05. The van der Waals surface area contributed by atoms with Crippen LogP contribution in [0.5, 0.6) is 0 Å². The molecule has 0 saturated heterocycles.